The Labute approximate surface area is 231 Å². The summed E-state index contributed by atoms with van der Waals surface area (Å²) >= 11 is 1.46. The van der Waals surface area contributed by atoms with Crippen LogP contribution in [0.4, 0.5) is 4.39 Å². The number of thioether (sulfide) groups is 1. The van der Waals surface area contributed by atoms with Gasteiger partial charge in [-0.3, -0.25) is 9.59 Å². The first kappa shape index (κ1) is 30.1. The second kappa shape index (κ2) is 14.1. The van der Waals surface area contributed by atoms with Gasteiger partial charge in [-0.25, -0.2) is 14.0 Å². The molecule has 2 aromatic carbocycles. The second-order valence-electron chi connectivity index (χ2n) is 9.16. The number of carbonyl (C=O) groups excluding carboxylic acids is 4. The number of amides is 2. The van der Waals surface area contributed by atoms with Gasteiger partial charge in [-0.2, -0.15) is 0 Å². The van der Waals surface area contributed by atoms with E-state index in [2.05, 4.69) is 0 Å². The van der Waals surface area contributed by atoms with Crippen molar-refractivity contribution in [3.8, 4) is 0 Å². The molecule has 0 bridgehead atoms. The summed E-state index contributed by atoms with van der Waals surface area (Å²) in [5, 5.41) is 0. The summed E-state index contributed by atoms with van der Waals surface area (Å²) in [7, 11) is 0. The number of esters is 2. The lowest BCUT2D eigenvalue weighted by molar-refractivity contribution is -0.133. The van der Waals surface area contributed by atoms with Crippen molar-refractivity contribution in [1.82, 2.24) is 9.80 Å². The lowest BCUT2D eigenvalue weighted by Gasteiger charge is -2.40. The largest absolute Gasteiger partial charge is 0.462 e. The van der Waals surface area contributed by atoms with Gasteiger partial charge in [0.15, 0.2) is 0 Å². The molecule has 2 atom stereocenters. The summed E-state index contributed by atoms with van der Waals surface area (Å²) in [5.74, 6) is -1.55. The molecule has 210 valence electrons. The van der Waals surface area contributed by atoms with Gasteiger partial charge in [-0.1, -0.05) is 0 Å². The highest BCUT2D eigenvalue weighted by Gasteiger charge is 2.31. The average Bonchev–Trinajstić information content (AvgIpc) is 2.92. The zero-order valence-corrected chi connectivity index (χ0v) is 23.2. The van der Waals surface area contributed by atoms with E-state index in [9.17, 15) is 23.6 Å². The summed E-state index contributed by atoms with van der Waals surface area (Å²) in [6.45, 7) is 6.39. The van der Waals surface area contributed by atoms with E-state index in [0.717, 1.165) is 4.90 Å². The molecule has 11 heteroatoms. The van der Waals surface area contributed by atoms with Gasteiger partial charge in [0.2, 0.25) is 5.91 Å². The van der Waals surface area contributed by atoms with Crippen LogP contribution in [-0.4, -0.2) is 84.2 Å². The predicted octanol–water partition coefficient (Wildman–Crippen LogP) is 3.36. The van der Waals surface area contributed by atoms with E-state index in [1.54, 1.807) is 35.8 Å². The van der Waals surface area contributed by atoms with Gasteiger partial charge in [0.05, 0.1) is 24.3 Å². The van der Waals surface area contributed by atoms with Crippen molar-refractivity contribution >= 4 is 35.5 Å². The van der Waals surface area contributed by atoms with E-state index >= 15 is 0 Å². The predicted molar refractivity (Wildman–Crippen MR) is 145 cm³/mol. The van der Waals surface area contributed by atoms with Crippen molar-refractivity contribution in [3.63, 3.8) is 0 Å². The third-order valence-corrected chi connectivity index (χ3v) is 7.36. The smallest absolute Gasteiger partial charge is 0.338 e. The quantitative estimate of drug-likeness (QED) is 0.348. The Bertz CT molecular complexity index is 1160. The number of nitrogens with zero attached hydrogens (tertiary/aromatic N) is 2. The molecule has 0 saturated carbocycles. The zero-order chi connectivity index (χ0) is 28.5. The Morgan fingerprint density at radius 3 is 2.08 bits per heavy atom. The molecular weight excluding hydrogens is 525 g/mol. The molecule has 1 heterocycles. The van der Waals surface area contributed by atoms with Crippen molar-refractivity contribution in [3.05, 3.63) is 65.0 Å². The number of halogens is 1. The summed E-state index contributed by atoms with van der Waals surface area (Å²) in [5.41, 5.74) is 6.51. The molecule has 0 unspecified atom stereocenters. The first-order valence-electron chi connectivity index (χ1n) is 12.8. The van der Waals surface area contributed by atoms with E-state index in [1.165, 1.54) is 42.1 Å². The van der Waals surface area contributed by atoms with Crippen molar-refractivity contribution in [2.45, 2.75) is 44.2 Å². The number of rotatable bonds is 10. The van der Waals surface area contributed by atoms with E-state index in [-0.39, 0.29) is 72.6 Å². The van der Waals surface area contributed by atoms with Crippen LogP contribution in [0.1, 0.15) is 58.3 Å². The highest BCUT2D eigenvalue weighted by Crippen LogP contribution is 2.21. The fraction of sp³-hybridized carbons (Fsp3) is 0.429. The van der Waals surface area contributed by atoms with Crippen LogP contribution in [0.3, 0.4) is 0 Å². The van der Waals surface area contributed by atoms with Gasteiger partial charge < -0.3 is 25.0 Å². The number of carbonyl (C=O) groups is 4. The van der Waals surface area contributed by atoms with Gasteiger partial charge in [0.1, 0.15) is 5.82 Å². The van der Waals surface area contributed by atoms with Crippen LogP contribution in [0.5, 0.6) is 0 Å². The molecule has 2 amide bonds. The molecule has 9 nitrogen and oxygen atoms in total. The van der Waals surface area contributed by atoms with Crippen LogP contribution in [-0.2, 0) is 14.3 Å². The van der Waals surface area contributed by atoms with Gasteiger partial charge in [0, 0.05) is 54.4 Å². The minimum absolute atomic E-state index is 0.0831. The fourth-order valence-corrected chi connectivity index (χ4v) is 5.07. The normalized spacial score (nSPS) is 16.0. The van der Waals surface area contributed by atoms with Crippen LogP contribution < -0.4 is 5.73 Å². The van der Waals surface area contributed by atoms with Crippen molar-refractivity contribution in [1.29, 1.82) is 0 Å². The van der Waals surface area contributed by atoms with Gasteiger partial charge in [-0.05, 0) is 63.2 Å². The maximum absolute atomic E-state index is 13.4. The maximum Gasteiger partial charge on any atom is 0.338 e. The zero-order valence-electron chi connectivity index (χ0n) is 22.4. The summed E-state index contributed by atoms with van der Waals surface area (Å²) < 4.78 is 23.2. The number of ether oxygens (including phenoxy) is 2. The molecule has 39 heavy (non-hydrogen) atoms. The highest BCUT2D eigenvalue weighted by atomic mass is 32.2. The molecule has 1 aliphatic heterocycles. The minimum atomic E-state index is -0.643. The Balaban J connectivity index is 1.63. The number of nitrogens with two attached hydrogens (primary N) is 1. The molecule has 3 rings (SSSR count). The van der Waals surface area contributed by atoms with Crippen LogP contribution in [0.25, 0.3) is 0 Å². The van der Waals surface area contributed by atoms with Crippen LogP contribution in [0, 0.1) is 5.82 Å². The molecule has 0 spiro atoms. The molecular formula is C28H34FN3O6S. The Hall–Kier alpha value is -3.44. The second-order valence-corrected chi connectivity index (χ2v) is 10.2. The van der Waals surface area contributed by atoms with Gasteiger partial charge >= 0.3 is 11.9 Å². The SMILES string of the molecule is CCOC(=O)c1cc(C(=O)OCC)cc(C(=O)N2CCN(C(=O)C[C@H](N)CSc3ccc(F)cc3)C[C@@H]2C)c1. The van der Waals surface area contributed by atoms with Crippen LogP contribution in [0.2, 0.25) is 0 Å². The van der Waals surface area contributed by atoms with Crippen LogP contribution >= 0.6 is 11.8 Å². The van der Waals surface area contributed by atoms with Crippen LogP contribution in [0.15, 0.2) is 47.4 Å². The molecule has 1 saturated heterocycles. The molecule has 2 aromatic rings. The van der Waals surface area contributed by atoms with Crippen molar-refractivity contribution < 1.29 is 33.0 Å². The lowest BCUT2D eigenvalue weighted by Crippen LogP contribution is -2.56. The van der Waals surface area contributed by atoms with Crippen molar-refractivity contribution in [2.24, 2.45) is 5.73 Å². The molecule has 0 aliphatic carbocycles. The summed E-state index contributed by atoms with van der Waals surface area (Å²) in [4.78, 5) is 55.3. The van der Waals surface area contributed by atoms with Gasteiger partial charge in [0.25, 0.3) is 5.91 Å². The van der Waals surface area contributed by atoms with E-state index in [0.29, 0.717) is 18.8 Å². The first-order chi connectivity index (χ1) is 18.6. The highest BCUT2D eigenvalue weighted by molar-refractivity contribution is 7.99. The fourth-order valence-electron chi connectivity index (χ4n) is 4.21. The summed E-state index contributed by atoms with van der Waals surface area (Å²) in [6, 6.07) is 9.58. The first-order valence-corrected chi connectivity index (χ1v) is 13.8. The Morgan fingerprint density at radius 2 is 1.54 bits per heavy atom. The standard InChI is InChI=1S/C28H34FN3O6S/c1-4-37-27(35)20-12-19(13-21(14-20)28(36)38-5-2)26(34)32-11-10-31(16-18(32)3)25(33)15-23(30)17-39-24-8-6-22(29)7-9-24/h6-9,12-14,18,23H,4-5,10-11,15-17,30H2,1-3H3/t18-,23-/m0/s1. The minimum Gasteiger partial charge on any atom is -0.462 e. The van der Waals surface area contributed by atoms with E-state index in [1.807, 2.05) is 6.92 Å². The van der Waals surface area contributed by atoms with Crippen molar-refractivity contribution in [2.75, 3.05) is 38.6 Å². The lowest BCUT2D eigenvalue weighted by atomic mass is 10.0. The monoisotopic (exact) mass is 559 g/mol. The Morgan fingerprint density at radius 1 is 0.974 bits per heavy atom. The molecule has 0 radical (unpaired) electrons. The third kappa shape index (κ3) is 8.27. The summed E-state index contributed by atoms with van der Waals surface area (Å²) in [6.07, 6.45) is 0.152. The van der Waals surface area contributed by atoms with E-state index < -0.39 is 11.9 Å². The Kier molecular flexibility index (Phi) is 10.9. The topological polar surface area (TPSA) is 119 Å². The average molecular weight is 560 g/mol. The van der Waals surface area contributed by atoms with E-state index in [4.69, 9.17) is 15.2 Å². The molecule has 2 N–H and O–H groups in total. The third-order valence-electron chi connectivity index (χ3n) is 6.16. The van der Waals surface area contributed by atoms with Gasteiger partial charge in [-0.15, -0.1) is 11.8 Å². The molecule has 1 aliphatic rings. The number of hydrogen-bond acceptors (Lipinski definition) is 8. The number of hydrogen-bond donors (Lipinski definition) is 1. The maximum atomic E-state index is 13.4. The molecule has 1 fully saturated rings. The number of benzene rings is 2. The number of piperazine rings is 1. The molecule has 0 aromatic heterocycles.